The lowest BCUT2D eigenvalue weighted by atomic mass is 10.0. The number of benzene rings is 2. The number of nitrogens with one attached hydrogen (secondary N) is 1. The van der Waals surface area contributed by atoms with Gasteiger partial charge in [-0.3, -0.25) is 9.10 Å². The highest BCUT2D eigenvalue weighted by Crippen LogP contribution is 2.32. The first kappa shape index (κ1) is 22.5. The number of hydrogen-bond donors (Lipinski definition) is 1. The molecule has 1 amide bonds. The Labute approximate surface area is 176 Å². The minimum Gasteiger partial charge on any atom is -0.347 e. The van der Waals surface area contributed by atoms with Gasteiger partial charge in [-0.25, -0.2) is 8.42 Å². The second-order valence-corrected chi connectivity index (χ2v) is 9.41. The van der Waals surface area contributed by atoms with Crippen LogP contribution in [0.1, 0.15) is 37.4 Å². The first-order valence-corrected chi connectivity index (χ1v) is 11.5. The van der Waals surface area contributed by atoms with Crippen LogP contribution in [0.15, 0.2) is 42.5 Å². The van der Waals surface area contributed by atoms with Gasteiger partial charge in [-0.15, -0.1) is 0 Å². The van der Waals surface area contributed by atoms with Crippen LogP contribution >= 0.6 is 23.2 Å². The molecule has 1 N–H and O–H groups in total. The second-order valence-electron chi connectivity index (χ2n) is 6.71. The Bertz CT molecular complexity index is 946. The molecule has 0 bridgehead atoms. The summed E-state index contributed by atoms with van der Waals surface area (Å²) < 4.78 is 25.9. The van der Waals surface area contributed by atoms with E-state index < -0.39 is 22.0 Å². The molecular weight excluding hydrogens is 419 g/mol. The maximum absolute atomic E-state index is 12.9. The average Bonchev–Trinajstić information content (AvgIpc) is 2.62. The summed E-state index contributed by atoms with van der Waals surface area (Å²) >= 11 is 12.2. The quantitative estimate of drug-likeness (QED) is 0.673. The third-order valence-electron chi connectivity index (χ3n) is 4.44. The molecule has 2 aromatic carbocycles. The summed E-state index contributed by atoms with van der Waals surface area (Å²) in [5, 5.41) is 3.46. The Morgan fingerprint density at radius 2 is 1.75 bits per heavy atom. The van der Waals surface area contributed by atoms with Gasteiger partial charge in [-0.05, 0) is 44.0 Å². The number of aryl methyl sites for hydroxylation is 1. The van der Waals surface area contributed by atoms with Crippen molar-refractivity contribution in [3.05, 3.63) is 63.6 Å². The van der Waals surface area contributed by atoms with Gasteiger partial charge in [0.2, 0.25) is 15.9 Å². The minimum absolute atomic E-state index is 0.169. The van der Waals surface area contributed by atoms with E-state index in [9.17, 15) is 13.2 Å². The molecule has 0 aliphatic carbocycles. The molecule has 0 spiro atoms. The van der Waals surface area contributed by atoms with E-state index in [0.29, 0.717) is 11.4 Å². The summed E-state index contributed by atoms with van der Waals surface area (Å²) in [6.07, 6.45) is 1.70. The molecule has 0 fully saturated rings. The molecule has 0 aliphatic rings. The molecule has 0 saturated heterocycles. The molecule has 2 aromatic rings. The van der Waals surface area contributed by atoms with Gasteiger partial charge in [0.05, 0.1) is 23.0 Å². The van der Waals surface area contributed by atoms with Crippen molar-refractivity contribution in [1.29, 1.82) is 0 Å². The standard InChI is InChI=1S/C20H24Cl2N2O3S/c1-5-18(15-8-6-13(2)7-9-15)23-20(25)14(3)24(28(4,26)27)19-12-16(21)10-11-17(19)22/h6-12,14,18H,5H2,1-4H3,(H,23,25)/t14-,18-/m0/s1. The molecule has 0 heterocycles. The maximum Gasteiger partial charge on any atom is 0.244 e. The Kier molecular flexibility index (Phi) is 7.37. The monoisotopic (exact) mass is 442 g/mol. The summed E-state index contributed by atoms with van der Waals surface area (Å²) in [5.74, 6) is -0.422. The molecule has 0 saturated carbocycles. The second kappa shape index (κ2) is 9.16. The Hall–Kier alpha value is -1.76. The molecule has 5 nitrogen and oxygen atoms in total. The first-order chi connectivity index (χ1) is 13.0. The highest BCUT2D eigenvalue weighted by Gasteiger charge is 2.31. The molecule has 8 heteroatoms. The number of carbonyl (C=O) groups is 1. The van der Waals surface area contributed by atoms with Gasteiger partial charge in [-0.2, -0.15) is 0 Å². The van der Waals surface area contributed by atoms with E-state index in [-0.39, 0.29) is 16.8 Å². The number of halogens is 2. The molecule has 28 heavy (non-hydrogen) atoms. The Morgan fingerprint density at radius 1 is 1.14 bits per heavy atom. The fraction of sp³-hybridized carbons (Fsp3) is 0.350. The Morgan fingerprint density at radius 3 is 2.29 bits per heavy atom. The van der Waals surface area contributed by atoms with Crippen molar-refractivity contribution in [2.24, 2.45) is 0 Å². The van der Waals surface area contributed by atoms with Crippen LogP contribution in [-0.4, -0.2) is 26.6 Å². The predicted molar refractivity (Wildman–Crippen MR) is 116 cm³/mol. The lowest BCUT2D eigenvalue weighted by Crippen LogP contribution is -2.48. The van der Waals surface area contributed by atoms with Gasteiger partial charge in [-0.1, -0.05) is 60.0 Å². The van der Waals surface area contributed by atoms with Crippen LogP contribution in [0.4, 0.5) is 5.69 Å². The van der Waals surface area contributed by atoms with Gasteiger partial charge in [0, 0.05) is 5.02 Å². The summed E-state index contributed by atoms with van der Waals surface area (Å²) in [4.78, 5) is 12.9. The SMILES string of the molecule is CC[C@H](NC(=O)[C@H](C)N(c1cc(Cl)ccc1Cl)S(C)(=O)=O)c1ccc(C)cc1. The summed E-state index contributed by atoms with van der Waals surface area (Å²) in [6, 6.07) is 11.1. The molecule has 0 radical (unpaired) electrons. The molecule has 152 valence electrons. The van der Waals surface area contributed by atoms with E-state index in [2.05, 4.69) is 5.32 Å². The largest absolute Gasteiger partial charge is 0.347 e. The van der Waals surface area contributed by atoms with Crippen molar-refractivity contribution in [3.63, 3.8) is 0 Å². The van der Waals surface area contributed by atoms with Gasteiger partial charge >= 0.3 is 0 Å². The zero-order valence-electron chi connectivity index (χ0n) is 16.2. The van der Waals surface area contributed by atoms with Crippen molar-refractivity contribution in [2.75, 3.05) is 10.6 Å². The number of sulfonamides is 1. The topological polar surface area (TPSA) is 66.5 Å². The zero-order valence-corrected chi connectivity index (χ0v) is 18.6. The molecular formula is C20H24Cl2N2O3S. The minimum atomic E-state index is -3.78. The number of carbonyl (C=O) groups excluding carboxylic acids is 1. The van der Waals surface area contributed by atoms with Crippen LogP contribution in [0, 0.1) is 6.92 Å². The molecule has 0 aliphatic heterocycles. The number of rotatable bonds is 7. The molecule has 2 rings (SSSR count). The predicted octanol–water partition coefficient (Wildman–Crippen LogP) is 4.72. The van der Waals surface area contributed by atoms with E-state index in [4.69, 9.17) is 23.2 Å². The first-order valence-electron chi connectivity index (χ1n) is 8.86. The van der Waals surface area contributed by atoms with E-state index in [0.717, 1.165) is 21.7 Å². The van der Waals surface area contributed by atoms with Crippen LogP contribution in [0.3, 0.4) is 0 Å². The Balaban J connectivity index is 2.33. The van der Waals surface area contributed by atoms with E-state index in [1.54, 1.807) is 6.07 Å². The average molecular weight is 443 g/mol. The lowest BCUT2D eigenvalue weighted by molar-refractivity contribution is -0.122. The summed E-state index contributed by atoms with van der Waals surface area (Å²) in [5.41, 5.74) is 2.25. The van der Waals surface area contributed by atoms with Crippen LogP contribution in [0.5, 0.6) is 0 Å². The summed E-state index contributed by atoms with van der Waals surface area (Å²) in [7, 11) is -3.78. The van der Waals surface area contributed by atoms with E-state index >= 15 is 0 Å². The number of anilines is 1. The van der Waals surface area contributed by atoms with Gasteiger partial charge in [0.1, 0.15) is 6.04 Å². The highest BCUT2D eigenvalue weighted by molar-refractivity contribution is 7.92. The fourth-order valence-corrected chi connectivity index (χ4v) is 4.55. The molecule has 0 aromatic heterocycles. The van der Waals surface area contributed by atoms with Crippen molar-refractivity contribution >= 4 is 44.8 Å². The van der Waals surface area contributed by atoms with Gasteiger partial charge in [0.25, 0.3) is 0 Å². The van der Waals surface area contributed by atoms with Crippen molar-refractivity contribution in [2.45, 2.75) is 39.3 Å². The number of amides is 1. The van der Waals surface area contributed by atoms with Crippen molar-refractivity contribution in [3.8, 4) is 0 Å². The van der Waals surface area contributed by atoms with Gasteiger partial charge in [0.15, 0.2) is 0 Å². The van der Waals surface area contributed by atoms with E-state index in [1.807, 2.05) is 38.1 Å². The van der Waals surface area contributed by atoms with Crippen LogP contribution in [0.25, 0.3) is 0 Å². The molecule has 2 atom stereocenters. The smallest absolute Gasteiger partial charge is 0.244 e. The highest BCUT2D eigenvalue weighted by atomic mass is 35.5. The number of hydrogen-bond acceptors (Lipinski definition) is 3. The van der Waals surface area contributed by atoms with E-state index in [1.165, 1.54) is 19.1 Å². The summed E-state index contributed by atoms with van der Waals surface area (Å²) in [6.45, 7) is 5.47. The molecule has 0 unspecified atom stereocenters. The number of nitrogens with zero attached hydrogens (tertiary/aromatic N) is 1. The van der Waals surface area contributed by atoms with Crippen molar-refractivity contribution < 1.29 is 13.2 Å². The third kappa shape index (κ3) is 5.40. The van der Waals surface area contributed by atoms with Crippen molar-refractivity contribution in [1.82, 2.24) is 5.32 Å². The van der Waals surface area contributed by atoms with Crippen LogP contribution in [-0.2, 0) is 14.8 Å². The normalized spacial score (nSPS) is 13.6. The van der Waals surface area contributed by atoms with Crippen LogP contribution < -0.4 is 9.62 Å². The van der Waals surface area contributed by atoms with Crippen LogP contribution in [0.2, 0.25) is 10.0 Å². The maximum atomic E-state index is 12.9. The zero-order chi connectivity index (χ0) is 21.1. The van der Waals surface area contributed by atoms with Gasteiger partial charge < -0.3 is 5.32 Å². The lowest BCUT2D eigenvalue weighted by Gasteiger charge is -2.30. The fourth-order valence-electron chi connectivity index (χ4n) is 2.95. The third-order valence-corrected chi connectivity index (χ3v) is 6.22.